The van der Waals surface area contributed by atoms with Crippen molar-refractivity contribution in [2.75, 3.05) is 20.3 Å². The van der Waals surface area contributed by atoms with E-state index in [9.17, 15) is 9.59 Å². The van der Waals surface area contributed by atoms with E-state index in [-0.39, 0.29) is 17.3 Å². The molecule has 236 valence electrons. The molecule has 44 heavy (non-hydrogen) atoms. The van der Waals surface area contributed by atoms with Crippen molar-refractivity contribution in [3.05, 3.63) is 58.2 Å². The number of hydrazine groups is 1. The Kier molecular flexibility index (Phi) is 11.8. The number of pyridine rings is 1. The van der Waals surface area contributed by atoms with E-state index in [0.717, 1.165) is 70.1 Å². The summed E-state index contributed by atoms with van der Waals surface area (Å²) in [5, 5.41) is 4.17. The molecule has 0 radical (unpaired) electrons. The Labute approximate surface area is 264 Å². The molecule has 1 unspecified atom stereocenters. The Balaban J connectivity index is 1.74. The Bertz CT molecular complexity index is 1560. The molecule has 0 aliphatic carbocycles. The SMILES string of the molecule is CCn1c(-c2cccnc2C(C)OC)c(CC(C)(C)COC=O)c2cc(-c3csc(CCC(=O)CCCCNN)n3)ccc21. The molecular formula is C34H45N5O4S. The van der Waals surface area contributed by atoms with E-state index in [2.05, 4.69) is 60.4 Å². The minimum atomic E-state index is -0.311. The summed E-state index contributed by atoms with van der Waals surface area (Å²) in [6.07, 6.45) is 5.76. The summed E-state index contributed by atoms with van der Waals surface area (Å²) in [4.78, 5) is 33.1. The van der Waals surface area contributed by atoms with Gasteiger partial charge in [0.2, 0.25) is 0 Å². The number of carbonyl (C=O) groups is 2. The van der Waals surface area contributed by atoms with Crippen LogP contribution in [0.3, 0.4) is 0 Å². The second-order valence-electron chi connectivity index (χ2n) is 11.9. The number of benzene rings is 1. The highest BCUT2D eigenvalue weighted by Gasteiger charge is 2.28. The number of unbranched alkanes of at least 4 members (excludes halogenated alkanes) is 1. The van der Waals surface area contributed by atoms with Gasteiger partial charge in [-0.3, -0.25) is 25.8 Å². The van der Waals surface area contributed by atoms with E-state index >= 15 is 0 Å². The number of rotatable bonds is 18. The van der Waals surface area contributed by atoms with Crippen LogP contribution in [0.1, 0.15) is 75.7 Å². The Morgan fingerprint density at radius 2 is 2.05 bits per heavy atom. The van der Waals surface area contributed by atoms with Gasteiger partial charge in [-0.05, 0) is 62.9 Å². The minimum Gasteiger partial charge on any atom is -0.467 e. The molecule has 10 heteroatoms. The van der Waals surface area contributed by atoms with Gasteiger partial charge >= 0.3 is 0 Å². The number of fused-ring (bicyclic) bond motifs is 1. The second-order valence-corrected chi connectivity index (χ2v) is 12.9. The van der Waals surface area contributed by atoms with Crippen molar-refractivity contribution >= 4 is 34.5 Å². The van der Waals surface area contributed by atoms with Crippen molar-refractivity contribution in [1.82, 2.24) is 20.0 Å². The molecule has 4 rings (SSSR count). The highest BCUT2D eigenvalue weighted by Crippen LogP contribution is 2.41. The first-order valence-corrected chi connectivity index (χ1v) is 16.2. The highest BCUT2D eigenvalue weighted by molar-refractivity contribution is 7.09. The number of aromatic nitrogens is 3. The van der Waals surface area contributed by atoms with Crippen LogP contribution in [0.25, 0.3) is 33.4 Å². The van der Waals surface area contributed by atoms with Crippen molar-refractivity contribution in [3.63, 3.8) is 0 Å². The molecule has 0 amide bonds. The third-order valence-electron chi connectivity index (χ3n) is 8.01. The maximum atomic E-state index is 12.4. The molecule has 4 aromatic rings. The molecule has 3 aromatic heterocycles. The van der Waals surface area contributed by atoms with Gasteiger partial charge in [0.1, 0.15) is 5.78 Å². The summed E-state index contributed by atoms with van der Waals surface area (Å²) in [5.41, 5.74) is 9.56. The molecule has 1 atom stereocenters. The first-order chi connectivity index (χ1) is 21.2. The lowest BCUT2D eigenvalue weighted by molar-refractivity contribution is -0.131. The van der Waals surface area contributed by atoms with Crippen molar-refractivity contribution in [3.8, 4) is 22.5 Å². The zero-order valence-electron chi connectivity index (χ0n) is 26.5. The zero-order chi connectivity index (χ0) is 31.7. The molecule has 3 N–H and O–H groups in total. The number of ketones is 1. The Morgan fingerprint density at radius 1 is 1.23 bits per heavy atom. The van der Waals surface area contributed by atoms with Crippen molar-refractivity contribution in [2.24, 2.45) is 11.3 Å². The van der Waals surface area contributed by atoms with Crippen LogP contribution in [0.2, 0.25) is 0 Å². The summed E-state index contributed by atoms with van der Waals surface area (Å²) in [6.45, 7) is 10.7. The quantitative estimate of drug-likeness (QED) is 0.0566. The zero-order valence-corrected chi connectivity index (χ0v) is 27.3. The Hall–Kier alpha value is -3.44. The minimum absolute atomic E-state index is 0.187. The number of aryl methyl sites for hydroxylation is 2. The van der Waals surface area contributed by atoms with E-state index in [4.69, 9.17) is 25.3 Å². The van der Waals surface area contributed by atoms with Gasteiger partial charge in [-0.1, -0.05) is 19.9 Å². The maximum Gasteiger partial charge on any atom is 0.293 e. The summed E-state index contributed by atoms with van der Waals surface area (Å²) >= 11 is 1.60. The van der Waals surface area contributed by atoms with Gasteiger partial charge in [-0.25, -0.2) is 4.98 Å². The van der Waals surface area contributed by atoms with E-state index in [1.165, 1.54) is 5.56 Å². The summed E-state index contributed by atoms with van der Waals surface area (Å²) < 4.78 is 13.3. The number of hydrogen-bond acceptors (Lipinski definition) is 9. The molecule has 1 aromatic carbocycles. The van der Waals surface area contributed by atoms with E-state index in [1.54, 1.807) is 24.6 Å². The second kappa shape index (κ2) is 15.5. The fourth-order valence-corrected chi connectivity index (χ4v) is 6.53. The monoisotopic (exact) mass is 619 g/mol. The van der Waals surface area contributed by atoms with Crippen LogP contribution in [-0.2, 0) is 38.4 Å². The first-order valence-electron chi connectivity index (χ1n) is 15.3. The lowest BCUT2D eigenvalue weighted by Gasteiger charge is -2.25. The lowest BCUT2D eigenvalue weighted by atomic mass is 9.84. The van der Waals surface area contributed by atoms with Gasteiger partial charge in [-0.2, -0.15) is 0 Å². The molecule has 0 spiro atoms. The van der Waals surface area contributed by atoms with E-state index < -0.39 is 0 Å². The summed E-state index contributed by atoms with van der Waals surface area (Å²) in [6, 6.07) is 10.6. The highest BCUT2D eigenvalue weighted by atomic mass is 32.1. The van der Waals surface area contributed by atoms with Crippen LogP contribution >= 0.6 is 11.3 Å². The van der Waals surface area contributed by atoms with Crippen LogP contribution in [0.15, 0.2) is 41.9 Å². The van der Waals surface area contributed by atoms with Crippen LogP contribution in [0.5, 0.6) is 0 Å². The lowest BCUT2D eigenvalue weighted by Crippen LogP contribution is -2.22. The molecule has 0 bridgehead atoms. The number of ether oxygens (including phenoxy) is 2. The number of nitrogens with two attached hydrogens (primary N) is 1. The van der Waals surface area contributed by atoms with Gasteiger partial charge < -0.3 is 14.0 Å². The van der Waals surface area contributed by atoms with E-state index in [1.807, 2.05) is 13.0 Å². The largest absolute Gasteiger partial charge is 0.467 e. The third kappa shape index (κ3) is 7.98. The van der Waals surface area contributed by atoms with Crippen LogP contribution in [0.4, 0.5) is 0 Å². The number of thiazole rings is 1. The number of Topliss-reactive ketones (excluding diaryl/α,β-unsaturated/α-hetero) is 1. The predicted octanol–water partition coefficient (Wildman–Crippen LogP) is 6.43. The standard InChI is InChI=1S/C34H45N5O4S/c1-6-39-30-14-12-24(29-20-44-31(38-29)15-13-25(41)10-7-8-17-37-35)18-27(30)28(19-34(3,4)21-43-22-40)33(39)26-11-9-16-36-32(26)23(2)42-5/h9,11-12,14,16,18,20,22-23,37H,6-8,10,13,15,17,19,21,35H2,1-5H3. The van der Waals surface area contributed by atoms with Crippen LogP contribution < -0.4 is 11.3 Å². The molecule has 0 saturated carbocycles. The first kappa shape index (κ1) is 33.5. The Morgan fingerprint density at radius 3 is 2.77 bits per heavy atom. The summed E-state index contributed by atoms with van der Waals surface area (Å²) in [7, 11) is 1.70. The van der Waals surface area contributed by atoms with Crippen molar-refractivity contribution in [2.45, 2.75) is 78.9 Å². The van der Waals surface area contributed by atoms with Gasteiger partial charge in [0, 0.05) is 78.5 Å². The molecule has 0 fully saturated rings. The molecule has 0 aliphatic heterocycles. The maximum absolute atomic E-state index is 12.4. The predicted molar refractivity (Wildman–Crippen MR) is 176 cm³/mol. The topological polar surface area (TPSA) is 121 Å². The van der Waals surface area contributed by atoms with Gasteiger partial charge in [0.25, 0.3) is 6.47 Å². The fourth-order valence-electron chi connectivity index (χ4n) is 5.72. The molecule has 9 nitrogen and oxygen atoms in total. The normalized spacial score (nSPS) is 12.5. The molecular weight excluding hydrogens is 574 g/mol. The third-order valence-corrected chi connectivity index (χ3v) is 8.91. The van der Waals surface area contributed by atoms with Crippen LogP contribution in [0, 0.1) is 5.41 Å². The number of nitrogens with one attached hydrogen (secondary N) is 1. The average Bonchev–Trinajstić information content (AvgIpc) is 3.62. The summed E-state index contributed by atoms with van der Waals surface area (Å²) in [5.74, 6) is 5.57. The number of nitrogens with zero attached hydrogens (tertiary/aromatic N) is 3. The van der Waals surface area contributed by atoms with Gasteiger partial charge in [0.05, 0.1) is 34.8 Å². The number of carbonyl (C=O) groups excluding carboxylic acids is 2. The van der Waals surface area contributed by atoms with Crippen molar-refractivity contribution < 1.29 is 19.1 Å². The van der Waals surface area contributed by atoms with Gasteiger partial charge in [-0.15, -0.1) is 11.3 Å². The number of hydrogen-bond donors (Lipinski definition) is 2. The van der Waals surface area contributed by atoms with E-state index in [0.29, 0.717) is 38.8 Å². The van der Waals surface area contributed by atoms with Gasteiger partial charge in [0.15, 0.2) is 0 Å². The molecule has 3 heterocycles. The average molecular weight is 620 g/mol. The number of methoxy groups -OCH3 is 1. The van der Waals surface area contributed by atoms with Crippen molar-refractivity contribution in [1.29, 1.82) is 0 Å². The fraction of sp³-hybridized carbons (Fsp3) is 0.471. The van der Waals surface area contributed by atoms with Crippen LogP contribution in [-0.4, -0.2) is 47.1 Å². The molecule has 0 saturated heterocycles. The molecule has 0 aliphatic rings. The smallest absolute Gasteiger partial charge is 0.293 e.